The van der Waals surface area contributed by atoms with Crippen LogP contribution in [0.2, 0.25) is 0 Å². The van der Waals surface area contributed by atoms with Gasteiger partial charge in [-0.3, -0.25) is 29.5 Å². The van der Waals surface area contributed by atoms with E-state index in [0.717, 1.165) is 21.7 Å². The van der Waals surface area contributed by atoms with Gasteiger partial charge in [0.05, 0.1) is 35.4 Å². The summed E-state index contributed by atoms with van der Waals surface area (Å²) in [5.41, 5.74) is 5.65. The number of imide groups is 2. The van der Waals surface area contributed by atoms with Crippen LogP contribution in [0.25, 0.3) is 0 Å². The number of hydrazine groups is 1. The molecule has 0 aromatic heterocycles. The van der Waals surface area contributed by atoms with Crippen LogP contribution >= 0.6 is 0 Å². The summed E-state index contributed by atoms with van der Waals surface area (Å²) >= 11 is 0. The average molecular weight is 656 g/mol. The molecule has 0 unspecified atom stereocenters. The number of likely N-dealkylation sites (tertiary alicyclic amines) is 1. The van der Waals surface area contributed by atoms with E-state index in [1.807, 2.05) is 73.7 Å². The van der Waals surface area contributed by atoms with Gasteiger partial charge in [0.25, 0.3) is 11.8 Å². The molecular weight excluding hydrogens is 621 g/mol. The lowest BCUT2D eigenvalue weighted by atomic mass is 9.49. The summed E-state index contributed by atoms with van der Waals surface area (Å²) in [7, 11) is 0. The van der Waals surface area contributed by atoms with Gasteiger partial charge in [0, 0.05) is 5.92 Å². The topological polar surface area (TPSA) is 107 Å². The summed E-state index contributed by atoms with van der Waals surface area (Å²) in [6.07, 6.45) is 2.35. The molecule has 4 aromatic rings. The zero-order chi connectivity index (χ0) is 34.0. The van der Waals surface area contributed by atoms with Crippen LogP contribution in [0.5, 0.6) is 5.75 Å². The Hall–Kier alpha value is -5.57. The van der Waals surface area contributed by atoms with E-state index in [9.17, 15) is 19.5 Å². The molecule has 4 amide bonds. The lowest BCUT2D eigenvalue weighted by Crippen LogP contribution is -2.53. The van der Waals surface area contributed by atoms with E-state index in [1.54, 1.807) is 30.3 Å². The molecule has 0 spiro atoms. The minimum Gasteiger partial charge on any atom is -0.505 e. The molecule has 246 valence electrons. The van der Waals surface area contributed by atoms with Crippen molar-refractivity contribution in [3.8, 4) is 5.75 Å². The fourth-order valence-electron chi connectivity index (χ4n) is 8.81. The Kier molecular flexibility index (Phi) is 7.24. The number of nitrogens with one attached hydrogen (secondary N) is 1. The van der Waals surface area contributed by atoms with Gasteiger partial charge in [-0.2, -0.15) is 5.01 Å². The Morgan fingerprint density at radius 2 is 1.53 bits per heavy atom. The van der Waals surface area contributed by atoms with Gasteiger partial charge in [-0.1, -0.05) is 96.1 Å². The monoisotopic (exact) mass is 655 g/mol. The van der Waals surface area contributed by atoms with Crippen molar-refractivity contribution in [2.24, 2.45) is 23.7 Å². The summed E-state index contributed by atoms with van der Waals surface area (Å²) in [6, 6.07) is 29.8. The summed E-state index contributed by atoms with van der Waals surface area (Å²) in [4.78, 5) is 59.2. The van der Waals surface area contributed by atoms with Crippen molar-refractivity contribution in [1.82, 2.24) is 9.91 Å². The second kappa shape index (κ2) is 11.5. The van der Waals surface area contributed by atoms with Gasteiger partial charge < -0.3 is 5.11 Å². The molecule has 0 radical (unpaired) electrons. The molecule has 49 heavy (non-hydrogen) atoms. The minimum absolute atomic E-state index is 0.142. The Bertz CT molecular complexity index is 2030. The highest BCUT2D eigenvalue weighted by atomic mass is 19.1. The number of hydrogen-bond donors (Lipinski definition) is 2. The summed E-state index contributed by atoms with van der Waals surface area (Å²) < 4.78 is 15.2. The molecule has 3 fully saturated rings. The van der Waals surface area contributed by atoms with Crippen LogP contribution < -0.4 is 5.43 Å². The number of amides is 4. The number of aryl methyl sites for hydroxylation is 1. The molecule has 6 atom stereocenters. The highest BCUT2D eigenvalue weighted by Crippen LogP contribution is 2.64. The number of phenolic OH excluding ortho intramolecular Hbond substituents is 1. The zero-order valence-corrected chi connectivity index (χ0v) is 26.8. The van der Waals surface area contributed by atoms with Crippen molar-refractivity contribution in [3.05, 3.63) is 143 Å². The van der Waals surface area contributed by atoms with Gasteiger partial charge in [0.15, 0.2) is 11.6 Å². The Balaban J connectivity index is 1.29. The van der Waals surface area contributed by atoms with Crippen molar-refractivity contribution in [3.63, 3.8) is 0 Å². The first kappa shape index (κ1) is 30.7. The third-order valence-electron chi connectivity index (χ3n) is 11.0. The largest absolute Gasteiger partial charge is 0.505 e. The van der Waals surface area contributed by atoms with Crippen LogP contribution in [0.3, 0.4) is 0 Å². The standard InChI is InChI=1S/C40H34FN3O5/c1-23-12-15-27(16-13-23)42-44-37(47)31-21-30-28(17-18-29-34(30)38(48)43(36(29)46)22-24-8-4-2-5-9-24)35(25-14-19-33(45)32(41)20-25)40(31,39(44)49)26-10-6-3-7-11-26/h2-17,19-20,29-31,34-35,42,45H,18,21-22H2,1H3/t29-,30+,31-,34-,35-,40+/m0/s1. The second-order valence-corrected chi connectivity index (χ2v) is 13.6. The first-order chi connectivity index (χ1) is 23.7. The lowest BCUT2D eigenvalue weighted by molar-refractivity contribution is -0.142. The average Bonchev–Trinajstić information content (AvgIpc) is 3.48. The van der Waals surface area contributed by atoms with E-state index in [2.05, 4.69) is 5.43 Å². The van der Waals surface area contributed by atoms with Crippen LogP contribution in [0.1, 0.15) is 41.0 Å². The van der Waals surface area contributed by atoms with Gasteiger partial charge in [0.2, 0.25) is 11.8 Å². The number of anilines is 1. The van der Waals surface area contributed by atoms with Gasteiger partial charge >= 0.3 is 0 Å². The number of rotatable bonds is 6. The van der Waals surface area contributed by atoms with E-state index in [1.165, 1.54) is 17.0 Å². The highest BCUT2D eigenvalue weighted by molar-refractivity contribution is 6.13. The molecular formula is C40H34FN3O5. The predicted octanol–water partition coefficient (Wildman–Crippen LogP) is 6.02. The first-order valence-corrected chi connectivity index (χ1v) is 16.5. The summed E-state index contributed by atoms with van der Waals surface area (Å²) in [5.74, 6) is -6.64. The molecule has 8 nitrogen and oxygen atoms in total. The van der Waals surface area contributed by atoms with Crippen molar-refractivity contribution >= 4 is 29.3 Å². The third-order valence-corrected chi connectivity index (χ3v) is 11.0. The van der Waals surface area contributed by atoms with Crippen LogP contribution in [0.4, 0.5) is 10.1 Å². The SMILES string of the molecule is Cc1ccc(NN2C(=O)[C@@H]3C[C@@H]4C(=CC[C@@H]5C(=O)N(Cc6ccccc6)C(=O)[C@@H]54)[C@H](c4ccc(O)c(F)c4)[C@]3(c3ccccc3)C2=O)cc1. The van der Waals surface area contributed by atoms with Crippen LogP contribution in [0, 0.1) is 36.4 Å². The number of benzene rings is 4. The maximum atomic E-state index is 15.2. The number of halogens is 1. The van der Waals surface area contributed by atoms with E-state index in [4.69, 9.17) is 0 Å². The molecule has 0 bridgehead atoms. The zero-order valence-electron chi connectivity index (χ0n) is 26.8. The predicted molar refractivity (Wildman–Crippen MR) is 179 cm³/mol. The lowest BCUT2D eigenvalue weighted by Gasteiger charge is -2.50. The molecule has 2 N–H and O–H groups in total. The van der Waals surface area contributed by atoms with Gasteiger partial charge in [-0.05, 0) is 66.6 Å². The Labute approximate surface area is 282 Å². The molecule has 2 heterocycles. The van der Waals surface area contributed by atoms with E-state index >= 15 is 9.18 Å². The normalized spacial score (nSPS) is 27.5. The molecule has 4 aromatic carbocycles. The molecule has 2 saturated heterocycles. The third kappa shape index (κ3) is 4.63. The Morgan fingerprint density at radius 1 is 0.837 bits per heavy atom. The van der Waals surface area contributed by atoms with Crippen molar-refractivity contribution in [2.75, 3.05) is 5.43 Å². The number of aromatic hydroxyl groups is 1. The van der Waals surface area contributed by atoms with Crippen molar-refractivity contribution < 1.29 is 28.7 Å². The van der Waals surface area contributed by atoms with Gasteiger partial charge in [0.1, 0.15) is 0 Å². The summed E-state index contributed by atoms with van der Waals surface area (Å²) in [6.45, 7) is 2.08. The number of carbonyl (C=O) groups excluding carboxylic acids is 4. The summed E-state index contributed by atoms with van der Waals surface area (Å²) in [5, 5.41) is 11.3. The fourth-order valence-corrected chi connectivity index (χ4v) is 8.81. The van der Waals surface area contributed by atoms with Crippen molar-refractivity contribution in [1.29, 1.82) is 0 Å². The number of fused-ring (bicyclic) bond motifs is 4. The quantitative estimate of drug-likeness (QED) is 0.194. The number of allylic oxidation sites excluding steroid dienone is 2. The van der Waals surface area contributed by atoms with Gasteiger partial charge in [-0.15, -0.1) is 0 Å². The van der Waals surface area contributed by atoms with Gasteiger partial charge in [-0.25, -0.2) is 4.39 Å². The van der Waals surface area contributed by atoms with Crippen LogP contribution in [-0.4, -0.2) is 38.6 Å². The fraction of sp³-hybridized carbons (Fsp3) is 0.250. The Morgan fingerprint density at radius 3 is 2.22 bits per heavy atom. The highest BCUT2D eigenvalue weighted by Gasteiger charge is 2.70. The number of phenols is 1. The van der Waals surface area contributed by atoms with Crippen LogP contribution in [-0.2, 0) is 31.1 Å². The minimum atomic E-state index is -1.51. The second-order valence-electron chi connectivity index (χ2n) is 13.6. The molecule has 8 rings (SSSR count). The number of nitrogens with zero attached hydrogens (tertiary/aromatic N) is 2. The number of hydrogen-bond acceptors (Lipinski definition) is 6. The molecule has 1 saturated carbocycles. The molecule has 2 aliphatic heterocycles. The number of carbonyl (C=O) groups is 4. The van der Waals surface area contributed by atoms with E-state index in [-0.39, 0.29) is 31.2 Å². The molecule has 4 aliphatic rings. The maximum Gasteiger partial charge on any atom is 0.260 e. The first-order valence-electron chi connectivity index (χ1n) is 16.5. The van der Waals surface area contributed by atoms with E-state index < -0.39 is 58.4 Å². The molecule has 9 heteroatoms. The van der Waals surface area contributed by atoms with Crippen LogP contribution in [0.15, 0.2) is 115 Å². The maximum absolute atomic E-state index is 15.2. The van der Waals surface area contributed by atoms with Crippen molar-refractivity contribution in [2.45, 2.75) is 37.6 Å². The van der Waals surface area contributed by atoms with E-state index in [0.29, 0.717) is 16.8 Å². The smallest absolute Gasteiger partial charge is 0.260 e. The molecule has 2 aliphatic carbocycles.